The van der Waals surface area contributed by atoms with E-state index in [1.54, 1.807) is 5.01 Å². The van der Waals surface area contributed by atoms with Crippen molar-refractivity contribution in [1.29, 1.82) is 0 Å². The fraction of sp³-hybridized carbons (Fsp3) is 0.364. The van der Waals surface area contributed by atoms with E-state index in [1.165, 1.54) is 11.1 Å². The number of nitrogens with one attached hydrogen (secondary N) is 1. The summed E-state index contributed by atoms with van der Waals surface area (Å²) in [4.78, 5) is 11.7. The summed E-state index contributed by atoms with van der Waals surface area (Å²) in [6, 6.07) is 6.21. The minimum atomic E-state index is 0.156. The maximum absolute atomic E-state index is 11.7. The van der Waals surface area contributed by atoms with E-state index in [9.17, 15) is 4.79 Å². The zero-order valence-electron chi connectivity index (χ0n) is 8.59. The summed E-state index contributed by atoms with van der Waals surface area (Å²) in [5.74, 6) is 0.156. The fourth-order valence-corrected chi connectivity index (χ4v) is 2.19. The van der Waals surface area contributed by atoms with Gasteiger partial charge in [-0.2, -0.15) is 0 Å². The lowest BCUT2D eigenvalue weighted by molar-refractivity contribution is -0.119. The summed E-state index contributed by atoms with van der Waals surface area (Å²) < 4.78 is 0.733. The van der Waals surface area contributed by atoms with Crippen LogP contribution in [0.15, 0.2) is 18.2 Å². The first-order valence-electron chi connectivity index (χ1n) is 4.94. The van der Waals surface area contributed by atoms with Crippen molar-refractivity contribution in [3.8, 4) is 0 Å². The lowest BCUT2D eigenvalue weighted by Crippen LogP contribution is -2.45. The van der Waals surface area contributed by atoms with Gasteiger partial charge in [0.15, 0.2) is 0 Å². The monoisotopic (exact) mass is 316 g/mol. The minimum Gasteiger partial charge on any atom is -0.273 e. The van der Waals surface area contributed by atoms with Crippen LogP contribution in [0, 0.1) is 6.92 Å². The molecule has 3 nitrogen and oxygen atoms in total. The maximum atomic E-state index is 11.7. The molecule has 1 aliphatic rings. The molecule has 0 fully saturated rings. The second-order valence-corrected chi connectivity index (χ2v) is 4.42. The normalized spacial score (nSPS) is 15.3. The number of rotatable bonds is 2. The smallest absolute Gasteiger partial charge is 0.241 e. The van der Waals surface area contributed by atoms with Crippen LogP contribution in [0.1, 0.15) is 17.5 Å². The lowest BCUT2D eigenvalue weighted by atomic mass is 10.0. The van der Waals surface area contributed by atoms with Crippen LogP contribution in [0.3, 0.4) is 0 Å². The predicted molar refractivity (Wildman–Crippen MR) is 69.0 cm³/mol. The van der Waals surface area contributed by atoms with Crippen LogP contribution < -0.4 is 10.4 Å². The third kappa shape index (κ3) is 2.15. The van der Waals surface area contributed by atoms with Gasteiger partial charge in [-0.15, -0.1) is 0 Å². The van der Waals surface area contributed by atoms with Gasteiger partial charge in [0, 0.05) is 6.42 Å². The van der Waals surface area contributed by atoms with Crippen molar-refractivity contribution in [2.24, 2.45) is 0 Å². The van der Waals surface area contributed by atoms with E-state index in [0.29, 0.717) is 6.42 Å². The van der Waals surface area contributed by atoms with E-state index >= 15 is 0 Å². The highest BCUT2D eigenvalue weighted by Crippen LogP contribution is 2.27. The van der Waals surface area contributed by atoms with Gasteiger partial charge in [-0.25, -0.2) is 10.4 Å². The fourth-order valence-electron chi connectivity index (χ4n) is 1.85. The average molecular weight is 316 g/mol. The molecular weight excluding hydrogens is 303 g/mol. The number of nitrogens with zero attached hydrogens (tertiary/aromatic N) is 1. The SMILES string of the molecule is Cc1ccc2c(c1)CCC(=O)N2NCI. The number of fused-ring (bicyclic) bond motifs is 1. The standard InChI is InChI=1S/C11H13IN2O/c1-8-2-4-10-9(6-8)3-5-11(15)14(10)13-7-12/h2,4,6,13H,3,5,7H2,1H3. The summed E-state index contributed by atoms with van der Waals surface area (Å²) in [7, 11) is 0. The Kier molecular flexibility index (Phi) is 3.25. The number of hydrazine groups is 1. The molecule has 0 bridgehead atoms. The molecule has 2 rings (SSSR count). The van der Waals surface area contributed by atoms with Gasteiger partial charge in [0.05, 0.1) is 10.2 Å². The summed E-state index contributed by atoms with van der Waals surface area (Å²) in [5.41, 5.74) is 6.59. The number of amides is 1. The number of anilines is 1. The van der Waals surface area contributed by atoms with Crippen molar-refractivity contribution in [1.82, 2.24) is 5.43 Å². The van der Waals surface area contributed by atoms with Crippen LogP contribution in [0.2, 0.25) is 0 Å². The van der Waals surface area contributed by atoms with Crippen LogP contribution in [0.4, 0.5) is 5.69 Å². The lowest BCUT2D eigenvalue weighted by Gasteiger charge is -2.29. The van der Waals surface area contributed by atoms with Crippen molar-refractivity contribution in [2.45, 2.75) is 19.8 Å². The van der Waals surface area contributed by atoms with Gasteiger partial charge in [-0.1, -0.05) is 40.3 Å². The molecule has 0 saturated carbocycles. The molecule has 4 heteroatoms. The third-order valence-electron chi connectivity index (χ3n) is 2.55. The second kappa shape index (κ2) is 4.49. The highest BCUT2D eigenvalue weighted by Gasteiger charge is 2.23. The summed E-state index contributed by atoms with van der Waals surface area (Å²) in [6.07, 6.45) is 1.45. The van der Waals surface area contributed by atoms with Crippen LogP contribution >= 0.6 is 22.6 Å². The number of carbonyl (C=O) groups is 1. The highest BCUT2D eigenvalue weighted by atomic mass is 127. The second-order valence-electron chi connectivity index (χ2n) is 3.65. The van der Waals surface area contributed by atoms with Crippen molar-refractivity contribution in [2.75, 3.05) is 9.56 Å². The topological polar surface area (TPSA) is 32.3 Å². The molecule has 1 aromatic carbocycles. The number of carbonyl (C=O) groups excluding carboxylic acids is 1. The molecule has 15 heavy (non-hydrogen) atoms. The maximum Gasteiger partial charge on any atom is 0.241 e. The Morgan fingerprint density at radius 1 is 1.47 bits per heavy atom. The van der Waals surface area contributed by atoms with Crippen LogP contribution in [0.25, 0.3) is 0 Å². The molecular formula is C11H13IN2O. The number of halogens is 1. The molecule has 1 aliphatic heterocycles. The molecule has 1 heterocycles. The Morgan fingerprint density at radius 2 is 2.27 bits per heavy atom. The molecule has 0 atom stereocenters. The summed E-state index contributed by atoms with van der Waals surface area (Å²) in [6.45, 7) is 2.08. The average Bonchev–Trinajstić information content (AvgIpc) is 2.22. The van der Waals surface area contributed by atoms with Crippen molar-refractivity contribution < 1.29 is 4.79 Å². The molecule has 0 radical (unpaired) electrons. The van der Waals surface area contributed by atoms with Gasteiger partial charge < -0.3 is 0 Å². The van der Waals surface area contributed by atoms with E-state index in [4.69, 9.17) is 0 Å². The molecule has 0 spiro atoms. The number of alkyl halides is 1. The molecule has 0 aliphatic carbocycles. The molecule has 80 valence electrons. The Bertz CT molecular complexity index is 392. The van der Waals surface area contributed by atoms with Gasteiger partial charge >= 0.3 is 0 Å². The van der Waals surface area contributed by atoms with Crippen molar-refractivity contribution in [3.05, 3.63) is 29.3 Å². The number of hydrogen-bond acceptors (Lipinski definition) is 2. The van der Waals surface area contributed by atoms with Gasteiger partial charge in [-0.3, -0.25) is 4.79 Å². The Labute approximate surface area is 103 Å². The molecule has 0 saturated heterocycles. The highest BCUT2D eigenvalue weighted by molar-refractivity contribution is 14.1. The van der Waals surface area contributed by atoms with Crippen molar-refractivity contribution in [3.63, 3.8) is 0 Å². The first-order valence-corrected chi connectivity index (χ1v) is 6.47. The molecule has 1 amide bonds. The summed E-state index contributed by atoms with van der Waals surface area (Å²) >= 11 is 2.20. The Hall–Kier alpha value is -0.620. The largest absolute Gasteiger partial charge is 0.273 e. The van der Waals surface area contributed by atoms with E-state index in [2.05, 4.69) is 41.0 Å². The van der Waals surface area contributed by atoms with Crippen LogP contribution in [-0.4, -0.2) is 10.5 Å². The van der Waals surface area contributed by atoms with Gasteiger partial charge in [0.2, 0.25) is 5.91 Å². The zero-order chi connectivity index (χ0) is 10.8. The third-order valence-corrected chi connectivity index (χ3v) is 2.89. The molecule has 0 aromatic heterocycles. The Morgan fingerprint density at radius 3 is 3.00 bits per heavy atom. The van der Waals surface area contributed by atoms with E-state index in [0.717, 1.165) is 16.7 Å². The van der Waals surface area contributed by atoms with Gasteiger partial charge in [-0.05, 0) is 25.0 Å². The molecule has 1 aromatic rings. The van der Waals surface area contributed by atoms with Crippen LogP contribution in [0.5, 0.6) is 0 Å². The van der Waals surface area contributed by atoms with Gasteiger partial charge in [0.25, 0.3) is 0 Å². The Balaban J connectivity index is 2.39. The summed E-state index contributed by atoms with van der Waals surface area (Å²) in [5, 5.41) is 1.67. The van der Waals surface area contributed by atoms with Crippen LogP contribution in [-0.2, 0) is 11.2 Å². The number of aryl methyl sites for hydroxylation is 2. The predicted octanol–water partition coefficient (Wildman–Crippen LogP) is 2.17. The number of hydrogen-bond donors (Lipinski definition) is 1. The molecule has 1 N–H and O–H groups in total. The zero-order valence-corrected chi connectivity index (χ0v) is 10.7. The first kappa shape index (κ1) is 10.9. The van der Waals surface area contributed by atoms with E-state index in [-0.39, 0.29) is 5.91 Å². The van der Waals surface area contributed by atoms with Crippen molar-refractivity contribution >= 4 is 34.2 Å². The number of benzene rings is 1. The van der Waals surface area contributed by atoms with E-state index < -0.39 is 0 Å². The quantitative estimate of drug-likeness (QED) is 0.515. The van der Waals surface area contributed by atoms with E-state index in [1.807, 2.05) is 12.1 Å². The first-order chi connectivity index (χ1) is 7.22. The van der Waals surface area contributed by atoms with Gasteiger partial charge in [0.1, 0.15) is 0 Å². The minimum absolute atomic E-state index is 0.156. The molecule has 0 unspecified atom stereocenters.